The Morgan fingerprint density at radius 3 is 2.53 bits per heavy atom. The van der Waals surface area contributed by atoms with Crippen molar-refractivity contribution in [2.24, 2.45) is 0 Å². The third-order valence-electron chi connectivity index (χ3n) is 4.14. The quantitative estimate of drug-likeness (QED) is 0.865. The van der Waals surface area contributed by atoms with Gasteiger partial charge in [0, 0.05) is 5.54 Å². The number of hydrogen-bond donors (Lipinski definition) is 1. The molecule has 1 aromatic rings. The topological polar surface area (TPSA) is 30.5 Å². The van der Waals surface area contributed by atoms with Crippen LogP contribution in [0.4, 0.5) is 0 Å². The maximum atomic E-state index is 5.47. The highest BCUT2D eigenvalue weighted by Crippen LogP contribution is 2.42. The normalized spacial score (nSPS) is 18.6. The van der Waals surface area contributed by atoms with E-state index in [2.05, 4.69) is 31.3 Å². The second-order valence-electron chi connectivity index (χ2n) is 5.18. The molecule has 0 saturated carbocycles. The first-order chi connectivity index (χ1) is 8.05. The molecule has 1 heterocycles. The molecule has 3 nitrogen and oxygen atoms in total. The van der Waals surface area contributed by atoms with Crippen LogP contribution in [-0.4, -0.2) is 32.9 Å². The molecule has 1 aromatic carbocycles. The minimum atomic E-state index is -0.00237. The molecule has 0 unspecified atom stereocenters. The van der Waals surface area contributed by atoms with Gasteiger partial charge in [-0.3, -0.25) is 0 Å². The number of hydrogen-bond acceptors (Lipinski definition) is 3. The van der Waals surface area contributed by atoms with E-state index in [1.165, 1.54) is 5.56 Å². The van der Waals surface area contributed by atoms with Crippen LogP contribution in [0.25, 0.3) is 0 Å². The number of benzene rings is 1. The van der Waals surface area contributed by atoms with Gasteiger partial charge in [0.15, 0.2) is 0 Å². The van der Waals surface area contributed by atoms with E-state index < -0.39 is 0 Å². The second kappa shape index (κ2) is 4.31. The number of methoxy groups -OCH3 is 1. The first-order valence-corrected chi connectivity index (χ1v) is 5.97. The first kappa shape index (κ1) is 12.4. The van der Waals surface area contributed by atoms with E-state index in [4.69, 9.17) is 9.47 Å². The van der Waals surface area contributed by atoms with Crippen LogP contribution < -0.4 is 10.1 Å². The molecule has 1 aliphatic heterocycles. The number of nitrogens with one attached hydrogen (secondary N) is 1. The Balaban J connectivity index is 2.41. The van der Waals surface area contributed by atoms with Gasteiger partial charge >= 0.3 is 0 Å². The molecular formula is C14H21NO2. The highest BCUT2D eigenvalue weighted by Gasteiger charge is 2.51. The minimum absolute atomic E-state index is 0.00237. The Kier molecular flexibility index (Phi) is 3.15. The van der Waals surface area contributed by atoms with Gasteiger partial charge in [0.2, 0.25) is 0 Å². The Morgan fingerprint density at radius 1 is 1.35 bits per heavy atom. The molecule has 0 aliphatic carbocycles. The number of rotatable bonds is 4. The summed E-state index contributed by atoms with van der Waals surface area (Å²) < 4.78 is 10.8. The molecule has 0 radical (unpaired) electrons. The maximum absolute atomic E-state index is 5.47. The smallest absolute Gasteiger partial charge is 0.119 e. The largest absolute Gasteiger partial charge is 0.497 e. The zero-order valence-electron chi connectivity index (χ0n) is 11.0. The molecular weight excluding hydrogens is 214 g/mol. The summed E-state index contributed by atoms with van der Waals surface area (Å²) in [6.07, 6.45) is 0. The van der Waals surface area contributed by atoms with Crippen LogP contribution >= 0.6 is 0 Å². The van der Waals surface area contributed by atoms with Gasteiger partial charge in [-0.2, -0.15) is 0 Å². The van der Waals surface area contributed by atoms with Crippen molar-refractivity contribution in [1.29, 1.82) is 0 Å². The van der Waals surface area contributed by atoms with Crippen LogP contribution in [0.3, 0.4) is 0 Å². The molecule has 0 amide bonds. The molecule has 0 bridgehead atoms. The van der Waals surface area contributed by atoms with Crippen LogP contribution in [0.15, 0.2) is 24.3 Å². The van der Waals surface area contributed by atoms with Gasteiger partial charge < -0.3 is 14.8 Å². The third kappa shape index (κ3) is 1.83. The van der Waals surface area contributed by atoms with Gasteiger partial charge in [0.25, 0.3) is 0 Å². The van der Waals surface area contributed by atoms with Crippen LogP contribution in [0.5, 0.6) is 5.75 Å². The van der Waals surface area contributed by atoms with Gasteiger partial charge in [-0.05, 0) is 38.6 Å². The lowest BCUT2D eigenvalue weighted by atomic mass is 9.65. The molecule has 0 atom stereocenters. The van der Waals surface area contributed by atoms with Crippen molar-refractivity contribution in [3.05, 3.63) is 29.8 Å². The van der Waals surface area contributed by atoms with Gasteiger partial charge in [-0.1, -0.05) is 12.1 Å². The minimum Gasteiger partial charge on any atom is -0.497 e. The fourth-order valence-corrected chi connectivity index (χ4v) is 2.35. The SMILES string of the molecule is CNC(C)(C)C1(c2cccc(OC)c2)COC1. The van der Waals surface area contributed by atoms with Crippen LogP contribution in [0.1, 0.15) is 19.4 Å². The summed E-state index contributed by atoms with van der Waals surface area (Å²) in [6.45, 7) is 5.95. The van der Waals surface area contributed by atoms with Crippen molar-refractivity contribution in [3.63, 3.8) is 0 Å². The average Bonchev–Trinajstić information content (AvgIpc) is 2.27. The Morgan fingerprint density at radius 2 is 2.06 bits per heavy atom. The molecule has 2 rings (SSSR count). The van der Waals surface area contributed by atoms with Crippen LogP contribution in [0.2, 0.25) is 0 Å². The fourth-order valence-electron chi connectivity index (χ4n) is 2.35. The van der Waals surface area contributed by atoms with Crippen molar-refractivity contribution >= 4 is 0 Å². The summed E-state index contributed by atoms with van der Waals surface area (Å²) in [5, 5.41) is 3.40. The van der Waals surface area contributed by atoms with Crippen molar-refractivity contribution < 1.29 is 9.47 Å². The lowest BCUT2D eigenvalue weighted by Crippen LogP contribution is -2.65. The molecule has 17 heavy (non-hydrogen) atoms. The van der Waals surface area contributed by atoms with Gasteiger partial charge in [0.05, 0.1) is 25.7 Å². The van der Waals surface area contributed by atoms with Crippen molar-refractivity contribution in [2.75, 3.05) is 27.4 Å². The number of ether oxygens (including phenoxy) is 2. The number of likely N-dealkylation sites (N-methyl/N-ethyl adjacent to an activating group) is 1. The molecule has 1 saturated heterocycles. The predicted octanol–water partition coefficient (Wildman–Crippen LogP) is 1.96. The molecule has 0 spiro atoms. The van der Waals surface area contributed by atoms with Crippen molar-refractivity contribution in [2.45, 2.75) is 24.8 Å². The summed E-state index contributed by atoms with van der Waals surface area (Å²) in [5.41, 5.74) is 1.32. The summed E-state index contributed by atoms with van der Waals surface area (Å²) in [5.74, 6) is 0.903. The summed E-state index contributed by atoms with van der Waals surface area (Å²) >= 11 is 0. The van der Waals surface area contributed by atoms with Crippen LogP contribution in [0, 0.1) is 0 Å². The van der Waals surface area contributed by atoms with E-state index in [0.717, 1.165) is 19.0 Å². The molecule has 3 heteroatoms. The van der Waals surface area contributed by atoms with E-state index in [-0.39, 0.29) is 11.0 Å². The molecule has 1 N–H and O–H groups in total. The Labute approximate surface area is 103 Å². The summed E-state index contributed by atoms with van der Waals surface area (Å²) in [4.78, 5) is 0. The first-order valence-electron chi connectivity index (χ1n) is 5.97. The van der Waals surface area contributed by atoms with E-state index in [0.29, 0.717) is 0 Å². The summed E-state index contributed by atoms with van der Waals surface area (Å²) in [7, 11) is 3.70. The van der Waals surface area contributed by atoms with Gasteiger partial charge in [0.1, 0.15) is 5.75 Å². The monoisotopic (exact) mass is 235 g/mol. The van der Waals surface area contributed by atoms with Gasteiger partial charge in [-0.25, -0.2) is 0 Å². The highest BCUT2D eigenvalue weighted by atomic mass is 16.5. The van der Waals surface area contributed by atoms with E-state index >= 15 is 0 Å². The lowest BCUT2D eigenvalue weighted by molar-refractivity contribution is -0.0991. The van der Waals surface area contributed by atoms with Crippen LogP contribution in [-0.2, 0) is 10.2 Å². The fraction of sp³-hybridized carbons (Fsp3) is 0.571. The maximum Gasteiger partial charge on any atom is 0.119 e. The second-order valence-corrected chi connectivity index (χ2v) is 5.18. The molecule has 1 aliphatic rings. The third-order valence-corrected chi connectivity index (χ3v) is 4.14. The molecule has 1 fully saturated rings. The van der Waals surface area contributed by atoms with E-state index in [1.54, 1.807) is 7.11 Å². The summed E-state index contributed by atoms with van der Waals surface area (Å²) in [6, 6.07) is 8.29. The standard InChI is InChI=1S/C14H21NO2/c1-13(2,15-3)14(9-17-10-14)11-6-5-7-12(8-11)16-4/h5-8,15H,9-10H2,1-4H3. The predicted molar refractivity (Wildman–Crippen MR) is 68.6 cm³/mol. The molecule has 0 aromatic heterocycles. The van der Waals surface area contributed by atoms with Gasteiger partial charge in [-0.15, -0.1) is 0 Å². The zero-order chi connectivity index (χ0) is 12.5. The Bertz CT molecular complexity index is 397. The van der Waals surface area contributed by atoms with Crippen molar-refractivity contribution in [1.82, 2.24) is 5.32 Å². The van der Waals surface area contributed by atoms with E-state index in [1.807, 2.05) is 19.2 Å². The van der Waals surface area contributed by atoms with E-state index in [9.17, 15) is 0 Å². The average molecular weight is 235 g/mol. The molecule has 94 valence electrons. The Hall–Kier alpha value is -1.06. The lowest BCUT2D eigenvalue weighted by Gasteiger charge is -2.52. The highest BCUT2D eigenvalue weighted by molar-refractivity contribution is 5.38. The zero-order valence-corrected chi connectivity index (χ0v) is 11.0. The van der Waals surface area contributed by atoms with Crippen molar-refractivity contribution in [3.8, 4) is 5.75 Å².